The van der Waals surface area contributed by atoms with Crippen molar-refractivity contribution in [2.75, 3.05) is 43.5 Å². The minimum atomic E-state index is -0.942. The lowest BCUT2D eigenvalue weighted by molar-refractivity contribution is 0.107. The van der Waals surface area contributed by atoms with Crippen LogP contribution in [0.2, 0.25) is 0 Å². The SMILES string of the molecule is CC(c1cccnc1N)N1CCOc2nc(-c3c(F)ccc4cnn(C)c34)c(F)c3nc(OC[C@@]45CCCN4C[C@H](F)C5)nc1c23. The number of hydrogen-bond acceptors (Lipinski definition) is 10. The van der Waals surface area contributed by atoms with Crippen LogP contribution < -0.4 is 20.1 Å². The van der Waals surface area contributed by atoms with Gasteiger partial charge in [0.25, 0.3) is 0 Å². The smallest absolute Gasteiger partial charge is 0.319 e. The average Bonchev–Trinajstić information content (AvgIpc) is 3.66. The van der Waals surface area contributed by atoms with Crippen LogP contribution in [0.3, 0.4) is 0 Å². The van der Waals surface area contributed by atoms with E-state index in [4.69, 9.17) is 20.2 Å². The molecule has 0 bridgehead atoms. The van der Waals surface area contributed by atoms with E-state index < -0.39 is 23.3 Å². The second-order valence-electron chi connectivity index (χ2n) is 12.3. The summed E-state index contributed by atoms with van der Waals surface area (Å²) in [6.45, 7) is 3.75. The molecule has 238 valence electrons. The number of pyridine rings is 2. The highest BCUT2D eigenvalue weighted by Gasteiger charge is 2.49. The van der Waals surface area contributed by atoms with Crippen LogP contribution in [-0.2, 0) is 7.05 Å². The number of ether oxygens (including phenoxy) is 2. The van der Waals surface area contributed by atoms with Gasteiger partial charge >= 0.3 is 6.01 Å². The van der Waals surface area contributed by atoms with E-state index in [1.807, 2.05) is 17.9 Å². The molecule has 0 aliphatic carbocycles. The number of nitrogen functional groups attached to an aromatic ring is 1. The van der Waals surface area contributed by atoms with Gasteiger partial charge in [0.15, 0.2) is 5.82 Å². The molecule has 1 unspecified atom stereocenters. The molecule has 7 heterocycles. The van der Waals surface area contributed by atoms with E-state index in [0.29, 0.717) is 42.0 Å². The molecule has 14 heteroatoms. The van der Waals surface area contributed by atoms with Gasteiger partial charge in [-0.05, 0) is 44.5 Å². The fourth-order valence-electron chi connectivity index (χ4n) is 7.44. The first-order valence-corrected chi connectivity index (χ1v) is 15.4. The molecule has 2 saturated heterocycles. The first-order chi connectivity index (χ1) is 22.2. The number of fused-ring (bicyclic) bond motifs is 2. The first-order valence-electron chi connectivity index (χ1n) is 15.4. The predicted octanol–water partition coefficient (Wildman–Crippen LogP) is 4.75. The van der Waals surface area contributed by atoms with Crippen LogP contribution in [0.15, 0.2) is 36.7 Å². The molecule has 2 N–H and O–H groups in total. The Bertz CT molecular complexity index is 2010. The summed E-state index contributed by atoms with van der Waals surface area (Å²) in [5.41, 5.74) is 6.45. The summed E-state index contributed by atoms with van der Waals surface area (Å²) in [5, 5.41) is 5.09. The van der Waals surface area contributed by atoms with Crippen LogP contribution in [0.25, 0.3) is 33.1 Å². The van der Waals surface area contributed by atoms with Gasteiger partial charge in [-0.3, -0.25) is 9.58 Å². The summed E-state index contributed by atoms with van der Waals surface area (Å²) < 4.78 is 60.8. The van der Waals surface area contributed by atoms with Gasteiger partial charge < -0.3 is 20.1 Å². The molecule has 8 rings (SSSR count). The number of aryl methyl sites for hydroxylation is 1. The van der Waals surface area contributed by atoms with Crippen molar-refractivity contribution in [2.45, 2.75) is 43.9 Å². The molecule has 0 radical (unpaired) electrons. The van der Waals surface area contributed by atoms with Crippen molar-refractivity contribution in [3.8, 4) is 23.1 Å². The minimum absolute atomic E-state index is 0.0579. The minimum Gasteiger partial charge on any atom is -0.475 e. The van der Waals surface area contributed by atoms with Crippen LogP contribution in [-0.4, -0.2) is 79.2 Å². The van der Waals surface area contributed by atoms with Crippen molar-refractivity contribution in [1.29, 1.82) is 0 Å². The monoisotopic (exact) mass is 631 g/mol. The van der Waals surface area contributed by atoms with Crippen molar-refractivity contribution in [1.82, 2.24) is 34.6 Å². The molecular weight excluding hydrogens is 599 g/mol. The van der Waals surface area contributed by atoms with E-state index >= 15 is 8.78 Å². The molecule has 3 aliphatic rings. The Kier molecular flexibility index (Phi) is 6.67. The molecule has 0 amide bonds. The molecule has 11 nitrogen and oxygen atoms in total. The molecule has 1 aromatic carbocycles. The molecular formula is C32H32F3N9O2. The first kappa shape index (κ1) is 28.7. The molecule has 5 aromatic rings. The lowest BCUT2D eigenvalue weighted by Crippen LogP contribution is -2.43. The van der Waals surface area contributed by atoms with E-state index in [0.717, 1.165) is 24.9 Å². The Balaban J connectivity index is 1.32. The van der Waals surface area contributed by atoms with E-state index in [1.54, 1.807) is 31.6 Å². The maximum atomic E-state index is 16.9. The Morgan fingerprint density at radius 1 is 1.17 bits per heavy atom. The van der Waals surface area contributed by atoms with Crippen LogP contribution in [0.4, 0.5) is 24.8 Å². The Morgan fingerprint density at radius 3 is 2.89 bits per heavy atom. The van der Waals surface area contributed by atoms with Crippen molar-refractivity contribution < 1.29 is 22.6 Å². The summed E-state index contributed by atoms with van der Waals surface area (Å²) in [6, 6.07) is 6.07. The third-order valence-corrected chi connectivity index (χ3v) is 9.66. The molecule has 2 fully saturated rings. The average molecular weight is 632 g/mol. The van der Waals surface area contributed by atoms with Gasteiger partial charge in [-0.1, -0.05) is 6.07 Å². The quantitative estimate of drug-likeness (QED) is 0.281. The Morgan fingerprint density at radius 2 is 2.04 bits per heavy atom. The van der Waals surface area contributed by atoms with Gasteiger partial charge in [0, 0.05) is 37.2 Å². The zero-order valence-corrected chi connectivity index (χ0v) is 25.4. The summed E-state index contributed by atoms with van der Waals surface area (Å²) in [4.78, 5) is 22.2. The number of rotatable bonds is 6. The topological polar surface area (TPSA) is 120 Å². The number of nitrogens with two attached hydrogens (primary N) is 1. The van der Waals surface area contributed by atoms with E-state index in [2.05, 4.69) is 25.0 Å². The lowest BCUT2D eigenvalue weighted by atomic mass is 9.95. The molecule has 4 aromatic heterocycles. The maximum Gasteiger partial charge on any atom is 0.319 e. The third kappa shape index (κ3) is 4.41. The second kappa shape index (κ2) is 10.7. The van der Waals surface area contributed by atoms with Crippen LogP contribution in [0, 0.1) is 11.6 Å². The largest absolute Gasteiger partial charge is 0.475 e. The second-order valence-corrected chi connectivity index (χ2v) is 12.3. The summed E-state index contributed by atoms with van der Waals surface area (Å²) >= 11 is 0. The van der Waals surface area contributed by atoms with Gasteiger partial charge in [0.2, 0.25) is 5.88 Å². The van der Waals surface area contributed by atoms with Crippen LogP contribution >= 0.6 is 0 Å². The highest BCUT2D eigenvalue weighted by Crippen LogP contribution is 2.44. The van der Waals surface area contributed by atoms with Gasteiger partial charge in [0.1, 0.15) is 53.4 Å². The molecule has 46 heavy (non-hydrogen) atoms. The number of benzene rings is 1. The Labute approximate surface area is 262 Å². The van der Waals surface area contributed by atoms with E-state index in [1.165, 1.54) is 10.7 Å². The zero-order chi connectivity index (χ0) is 31.7. The summed E-state index contributed by atoms with van der Waals surface area (Å²) in [6.07, 6.45) is 4.32. The van der Waals surface area contributed by atoms with Crippen molar-refractivity contribution in [3.05, 3.63) is 53.9 Å². The van der Waals surface area contributed by atoms with Gasteiger partial charge in [-0.2, -0.15) is 15.1 Å². The van der Waals surface area contributed by atoms with E-state index in [9.17, 15) is 4.39 Å². The van der Waals surface area contributed by atoms with Gasteiger partial charge in [0.05, 0.1) is 35.4 Å². The van der Waals surface area contributed by atoms with Gasteiger partial charge in [-0.25, -0.2) is 23.1 Å². The number of nitrogens with zero attached hydrogens (tertiary/aromatic N) is 8. The fraction of sp³-hybridized carbons (Fsp3) is 0.406. The molecule has 0 spiro atoms. The normalized spacial score (nSPS) is 21.8. The number of alkyl halides is 1. The van der Waals surface area contributed by atoms with Crippen molar-refractivity contribution >= 4 is 33.4 Å². The molecule has 3 atom stereocenters. The van der Waals surface area contributed by atoms with E-state index in [-0.39, 0.29) is 53.3 Å². The van der Waals surface area contributed by atoms with Crippen LogP contribution in [0.1, 0.15) is 37.8 Å². The molecule has 3 aliphatic heterocycles. The Hall–Kier alpha value is -4.72. The predicted molar refractivity (Wildman–Crippen MR) is 165 cm³/mol. The third-order valence-electron chi connectivity index (χ3n) is 9.66. The number of hydrogen-bond donors (Lipinski definition) is 1. The van der Waals surface area contributed by atoms with Gasteiger partial charge in [-0.15, -0.1) is 0 Å². The van der Waals surface area contributed by atoms with Crippen molar-refractivity contribution in [3.63, 3.8) is 0 Å². The summed E-state index contributed by atoms with van der Waals surface area (Å²) in [7, 11) is 1.65. The fourth-order valence-corrected chi connectivity index (χ4v) is 7.44. The number of aromatic nitrogens is 6. The zero-order valence-electron chi connectivity index (χ0n) is 25.4. The maximum absolute atomic E-state index is 16.9. The van der Waals surface area contributed by atoms with Crippen LogP contribution in [0.5, 0.6) is 11.9 Å². The standard InChI is InChI=1S/C32H32F3N9O2/c1-17(20-5-3-9-37-28(20)36)44-11-12-45-30-23-26(24(35)25(39-30)22-21(34)7-6-18-14-38-42(2)27(18)22)40-31(41-29(23)44)46-16-32-8-4-10-43(32)15-19(33)13-32/h3,5-7,9,14,17,19H,4,8,10-13,15-16H2,1-2H3,(H2,36,37)/t17?,19-,32+/m1/s1. The number of halogens is 3. The highest BCUT2D eigenvalue weighted by atomic mass is 19.1. The lowest BCUT2D eigenvalue weighted by Gasteiger charge is -2.32. The number of anilines is 2. The summed E-state index contributed by atoms with van der Waals surface area (Å²) in [5.74, 6) is -0.778. The molecule has 0 saturated carbocycles. The van der Waals surface area contributed by atoms with Crippen molar-refractivity contribution in [2.24, 2.45) is 7.05 Å². The highest BCUT2D eigenvalue weighted by molar-refractivity contribution is 6.00.